The van der Waals surface area contributed by atoms with Crippen molar-refractivity contribution in [2.24, 2.45) is 0 Å². The smallest absolute Gasteiger partial charge is 0.256 e. The van der Waals surface area contributed by atoms with Crippen LogP contribution in [-0.2, 0) is 4.79 Å². The van der Waals surface area contributed by atoms with E-state index in [1.165, 1.54) is 12.1 Å². The lowest BCUT2D eigenvalue weighted by Gasteiger charge is -2.44. The highest BCUT2D eigenvalue weighted by molar-refractivity contribution is 8.02. The molecule has 140 valence electrons. The molecule has 0 atom stereocenters. The highest BCUT2D eigenvalue weighted by Gasteiger charge is 2.49. The zero-order chi connectivity index (χ0) is 19.0. The fourth-order valence-electron chi connectivity index (χ4n) is 3.75. The number of anilines is 1. The van der Waals surface area contributed by atoms with Gasteiger partial charge in [-0.25, -0.2) is 4.39 Å². The molecule has 2 amide bonds. The second kappa shape index (κ2) is 7.17. The van der Waals surface area contributed by atoms with Crippen LogP contribution in [0, 0.1) is 5.82 Å². The summed E-state index contributed by atoms with van der Waals surface area (Å²) in [6.07, 6.45) is 1.29. The summed E-state index contributed by atoms with van der Waals surface area (Å²) in [6.45, 7) is 0.967. The molecule has 0 bridgehead atoms. The Balaban J connectivity index is 1.53. The zero-order valence-electron chi connectivity index (χ0n) is 14.5. The summed E-state index contributed by atoms with van der Waals surface area (Å²) < 4.78 is 13.9. The van der Waals surface area contributed by atoms with Gasteiger partial charge >= 0.3 is 0 Å². The van der Waals surface area contributed by atoms with Crippen molar-refractivity contribution in [3.63, 3.8) is 0 Å². The summed E-state index contributed by atoms with van der Waals surface area (Å²) >= 11 is 7.60. The third-order valence-corrected chi connectivity index (χ3v) is 6.91. The van der Waals surface area contributed by atoms with Crippen LogP contribution < -0.4 is 4.90 Å². The molecule has 0 radical (unpaired) electrons. The van der Waals surface area contributed by atoms with Crippen LogP contribution in [0.5, 0.6) is 0 Å². The van der Waals surface area contributed by atoms with E-state index < -0.39 is 5.82 Å². The van der Waals surface area contributed by atoms with E-state index in [-0.39, 0.29) is 22.2 Å². The molecular weight excluding hydrogens is 387 g/mol. The maximum absolute atomic E-state index is 13.9. The zero-order valence-corrected chi connectivity index (χ0v) is 16.1. The van der Waals surface area contributed by atoms with E-state index in [1.54, 1.807) is 40.9 Å². The van der Waals surface area contributed by atoms with Crippen LogP contribution in [0.2, 0.25) is 5.02 Å². The van der Waals surface area contributed by atoms with Crippen molar-refractivity contribution in [1.29, 1.82) is 0 Å². The van der Waals surface area contributed by atoms with Gasteiger partial charge in [-0.1, -0.05) is 23.7 Å². The number of carbonyl (C=O) groups excluding carboxylic acids is 2. The third kappa shape index (κ3) is 3.32. The molecular formula is C20H18ClFN2O2S. The third-order valence-electron chi connectivity index (χ3n) is 5.14. The summed E-state index contributed by atoms with van der Waals surface area (Å²) in [5.74, 6) is -0.313. The van der Waals surface area contributed by atoms with Gasteiger partial charge in [-0.2, -0.15) is 0 Å². The molecule has 4 nitrogen and oxygen atoms in total. The Morgan fingerprint density at radius 1 is 1.07 bits per heavy atom. The molecule has 2 aromatic rings. The minimum absolute atomic E-state index is 0.0659. The van der Waals surface area contributed by atoms with Crippen LogP contribution >= 0.6 is 23.4 Å². The van der Waals surface area contributed by atoms with E-state index in [0.29, 0.717) is 36.7 Å². The molecule has 0 unspecified atom stereocenters. The first-order valence-electron chi connectivity index (χ1n) is 8.77. The molecule has 0 aromatic heterocycles. The van der Waals surface area contributed by atoms with Crippen LogP contribution in [0.1, 0.15) is 23.2 Å². The van der Waals surface area contributed by atoms with E-state index in [9.17, 15) is 14.0 Å². The first-order chi connectivity index (χ1) is 13.0. The van der Waals surface area contributed by atoms with Gasteiger partial charge in [-0.3, -0.25) is 14.5 Å². The fraction of sp³-hybridized carbons (Fsp3) is 0.300. The van der Waals surface area contributed by atoms with E-state index in [2.05, 4.69) is 0 Å². The number of likely N-dealkylation sites (tertiary alicyclic amines) is 1. The molecule has 0 saturated carbocycles. The van der Waals surface area contributed by atoms with Gasteiger partial charge in [-0.15, -0.1) is 11.8 Å². The number of nitrogens with zero attached hydrogens (tertiary/aromatic N) is 2. The van der Waals surface area contributed by atoms with Gasteiger partial charge in [0.2, 0.25) is 5.91 Å². The lowest BCUT2D eigenvalue weighted by molar-refractivity contribution is -0.116. The SMILES string of the molecule is O=C(c1ccccc1F)N1CCC2(CC1)SCC(=O)N2c1ccc(Cl)cc1. The summed E-state index contributed by atoms with van der Waals surface area (Å²) in [7, 11) is 0. The van der Waals surface area contributed by atoms with Crippen molar-refractivity contribution in [2.75, 3.05) is 23.7 Å². The average molecular weight is 405 g/mol. The number of piperidine rings is 1. The number of amides is 2. The van der Waals surface area contributed by atoms with Gasteiger partial charge in [-0.05, 0) is 49.2 Å². The number of thioether (sulfide) groups is 1. The average Bonchev–Trinajstić information content (AvgIpc) is 2.99. The van der Waals surface area contributed by atoms with E-state index in [1.807, 2.05) is 17.0 Å². The summed E-state index contributed by atoms with van der Waals surface area (Å²) in [6, 6.07) is 13.3. The second-order valence-corrected chi connectivity index (χ2v) is 8.49. The molecule has 2 aliphatic heterocycles. The van der Waals surface area contributed by atoms with Crippen molar-refractivity contribution in [2.45, 2.75) is 17.7 Å². The normalized spacial score (nSPS) is 19.0. The fourth-order valence-corrected chi connectivity index (χ4v) is 5.21. The molecule has 0 aliphatic carbocycles. The molecule has 1 spiro atoms. The molecule has 2 saturated heterocycles. The van der Waals surface area contributed by atoms with Crippen LogP contribution in [0.25, 0.3) is 0 Å². The van der Waals surface area contributed by atoms with Gasteiger partial charge in [0.1, 0.15) is 5.82 Å². The van der Waals surface area contributed by atoms with Gasteiger partial charge in [0.25, 0.3) is 5.91 Å². The Bertz CT molecular complexity index is 882. The molecule has 2 aromatic carbocycles. The van der Waals surface area contributed by atoms with Crippen molar-refractivity contribution >= 4 is 40.9 Å². The van der Waals surface area contributed by atoms with Gasteiger partial charge in [0.15, 0.2) is 0 Å². The molecule has 0 N–H and O–H groups in total. The molecule has 27 heavy (non-hydrogen) atoms. The largest absolute Gasteiger partial charge is 0.338 e. The number of hydrogen-bond acceptors (Lipinski definition) is 3. The van der Waals surface area contributed by atoms with Crippen LogP contribution in [0.3, 0.4) is 0 Å². The summed E-state index contributed by atoms with van der Waals surface area (Å²) in [4.78, 5) is 28.4. The maximum atomic E-state index is 13.9. The minimum atomic E-state index is -0.504. The Kier molecular flexibility index (Phi) is 4.86. The van der Waals surface area contributed by atoms with Crippen molar-refractivity contribution in [3.8, 4) is 0 Å². The number of hydrogen-bond donors (Lipinski definition) is 0. The van der Waals surface area contributed by atoms with Gasteiger partial charge < -0.3 is 4.90 Å². The Labute approximate surface area is 166 Å². The first kappa shape index (κ1) is 18.3. The van der Waals surface area contributed by atoms with Crippen molar-refractivity contribution in [3.05, 3.63) is 64.9 Å². The Morgan fingerprint density at radius 2 is 1.74 bits per heavy atom. The monoisotopic (exact) mass is 404 g/mol. The number of carbonyl (C=O) groups is 2. The quantitative estimate of drug-likeness (QED) is 0.753. The molecule has 2 heterocycles. The second-order valence-electron chi connectivity index (χ2n) is 6.71. The summed E-state index contributed by atoms with van der Waals surface area (Å²) in [5.41, 5.74) is 0.918. The Hall–Kier alpha value is -2.05. The number of benzene rings is 2. The summed E-state index contributed by atoms with van der Waals surface area (Å²) in [5, 5.41) is 0.623. The molecule has 2 aliphatic rings. The number of rotatable bonds is 2. The minimum Gasteiger partial charge on any atom is -0.338 e. The van der Waals surface area contributed by atoms with E-state index >= 15 is 0 Å². The van der Waals surface area contributed by atoms with E-state index in [0.717, 1.165) is 5.69 Å². The topological polar surface area (TPSA) is 40.6 Å². The Morgan fingerprint density at radius 3 is 2.41 bits per heavy atom. The van der Waals surface area contributed by atoms with E-state index in [4.69, 9.17) is 11.6 Å². The molecule has 4 rings (SSSR count). The van der Waals surface area contributed by atoms with Crippen LogP contribution in [0.15, 0.2) is 48.5 Å². The first-order valence-corrected chi connectivity index (χ1v) is 10.1. The molecule has 7 heteroatoms. The highest BCUT2D eigenvalue weighted by atomic mass is 35.5. The predicted molar refractivity (Wildman–Crippen MR) is 106 cm³/mol. The lowest BCUT2D eigenvalue weighted by Crippen LogP contribution is -2.53. The van der Waals surface area contributed by atoms with Crippen LogP contribution in [-0.4, -0.2) is 40.4 Å². The van der Waals surface area contributed by atoms with Gasteiger partial charge in [0, 0.05) is 23.8 Å². The standard InChI is InChI=1S/C20H18ClFN2O2S/c21-14-5-7-15(8-6-14)24-18(25)13-27-20(24)9-11-23(12-10-20)19(26)16-3-1-2-4-17(16)22/h1-8H,9-13H2. The highest BCUT2D eigenvalue weighted by Crippen LogP contribution is 2.47. The lowest BCUT2D eigenvalue weighted by atomic mass is 10.00. The van der Waals surface area contributed by atoms with Gasteiger partial charge in [0.05, 0.1) is 16.2 Å². The molecule has 2 fully saturated rings. The van der Waals surface area contributed by atoms with Crippen molar-refractivity contribution < 1.29 is 14.0 Å². The van der Waals surface area contributed by atoms with Crippen molar-refractivity contribution in [1.82, 2.24) is 4.90 Å². The maximum Gasteiger partial charge on any atom is 0.256 e. The predicted octanol–water partition coefficient (Wildman–Crippen LogP) is 4.19. The van der Waals surface area contributed by atoms with Crippen LogP contribution in [0.4, 0.5) is 10.1 Å². The number of halogens is 2.